The number of benzene rings is 21. The highest BCUT2D eigenvalue weighted by molar-refractivity contribution is 6.10. The van der Waals surface area contributed by atoms with Crippen LogP contribution in [0.15, 0.2) is 462 Å². The average Bonchev–Trinajstić information content (AvgIpc) is 1.56. The van der Waals surface area contributed by atoms with E-state index in [9.17, 15) is 0 Å². The Morgan fingerprint density at radius 3 is 1.09 bits per heavy atom. The third-order valence-corrected chi connectivity index (χ3v) is 30.1. The first-order valence-corrected chi connectivity index (χ1v) is 48.5. The van der Waals surface area contributed by atoms with E-state index in [2.05, 4.69) is 451 Å². The second kappa shape index (κ2) is 32.2. The first kappa shape index (κ1) is 82.7. The molecule has 3 heterocycles. The highest BCUT2D eigenvalue weighted by atomic mass is 16.4. The van der Waals surface area contributed by atoms with E-state index in [0.29, 0.717) is 17.7 Å². The fraction of sp³-hybridized carbons (Fsp3) is 0.0682. The molecule has 9 nitrogen and oxygen atoms in total. The van der Waals surface area contributed by atoms with Gasteiger partial charge in [0.2, 0.25) is 17.7 Å². The topological polar surface area (TPSA) is 87.8 Å². The molecule has 0 saturated heterocycles. The Labute approximate surface area is 817 Å². The number of anilines is 9. The molecule has 3 aliphatic rings. The van der Waals surface area contributed by atoms with Crippen molar-refractivity contribution in [2.75, 3.05) is 14.7 Å². The molecule has 668 valence electrons. The van der Waals surface area contributed by atoms with Crippen molar-refractivity contribution >= 4 is 117 Å². The van der Waals surface area contributed by atoms with E-state index in [0.717, 1.165) is 178 Å². The maximum atomic E-state index is 6.87. The van der Waals surface area contributed by atoms with Crippen LogP contribution in [-0.4, -0.2) is 15.0 Å². The highest BCUT2D eigenvalue weighted by Crippen LogP contribution is 2.58. The van der Waals surface area contributed by atoms with Gasteiger partial charge >= 0.3 is 0 Å². The highest BCUT2D eigenvalue weighted by Gasteiger charge is 2.41. The lowest BCUT2D eigenvalue weighted by Crippen LogP contribution is -2.17. The minimum atomic E-state index is -0.408. The maximum Gasteiger partial charge on any atom is 0.227 e. The summed E-state index contributed by atoms with van der Waals surface area (Å²) in [6.07, 6.45) is 0. The zero-order chi connectivity index (χ0) is 94.1. The second-order valence-electron chi connectivity index (χ2n) is 39.4. The number of fused-ring (bicyclic) bond motifs is 18. The minimum Gasteiger partial charge on any atom is -0.436 e. The molecule has 0 spiro atoms. The molecule has 0 aliphatic heterocycles. The summed E-state index contributed by atoms with van der Waals surface area (Å²) in [4.78, 5) is 22.9. The van der Waals surface area contributed by atoms with Crippen LogP contribution >= 0.6 is 0 Å². The van der Waals surface area contributed by atoms with Crippen molar-refractivity contribution in [2.45, 2.75) is 57.8 Å². The van der Waals surface area contributed by atoms with Crippen LogP contribution in [0.4, 0.5) is 51.2 Å². The quantitative estimate of drug-likeness (QED) is 0.0884. The van der Waals surface area contributed by atoms with E-state index in [1.165, 1.54) is 77.9 Å². The van der Waals surface area contributed by atoms with Gasteiger partial charge in [-0.05, 0) is 308 Å². The van der Waals surface area contributed by atoms with Crippen molar-refractivity contribution in [3.05, 3.63) is 482 Å². The predicted octanol–water partition coefficient (Wildman–Crippen LogP) is 36.2. The lowest BCUT2D eigenvalue weighted by Gasteiger charge is -2.29. The normalized spacial score (nSPS) is 13.3. The molecule has 0 bridgehead atoms. The fourth-order valence-electron chi connectivity index (χ4n) is 22.9. The van der Waals surface area contributed by atoms with Crippen LogP contribution in [0.2, 0.25) is 0 Å². The van der Waals surface area contributed by atoms with Gasteiger partial charge in [-0.2, -0.15) is 0 Å². The van der Waals surface area contributed by atoms with Gasteiger partial charge in [0.25, 0.3) is 0 Å². The third kappa shape index (κ3) is 13.7. The van der Waals surface area contributed by atoms with Crippen LogP contribution in [-0.2, 0) is 16.2 Å². The van der Waals surface area contributed by atoms with Crippen LogP contribution < -0.4 is 14.7 Å². The summed E-state index contributed by atoms with van der Waals surface area (Å²) in [5.41, 5.74) is 42.5. The van der Waals surface area contributed by atoms with Gasteiger partial charge < -0.3 is 28.0 Å². The van der Waals surface area contributed by atoms with Crippen LogP contribution in [0.5, 0.6) is 0 Å². The Kier molecular flexibility index (Phi) is 18.9. The third-order valence-electron chi connectivity index (χ3n) is 30.1. The number of oxazole rings is 3. The first-order chi connectivity index (χ1) is 69.1. The van der Waals surface area contributed by atoms with Gasteiger partial charge in [-0.25, -0.2) is 15.0 Å². The molecule has 0 fully saturated rings. The molecule has 0 N–H and O–H groups in total. The molecule has 9 heteroatoms. The molecule has 0 saturated carbocycles. The fourth-order valence-corrected chi connectivity index (χ4v) is 22.9. The molecule has 0 radical (unpaired) electrons. The van der Waals surface area contributed by atoms with Crippen LogP contribution in [0.1, 0.15) is 74.9 Å². The molecular weight excluding hydrogens is 1720 g/mol. The summed E-state index contributed by atoms with van der Waals surface area (Å²) >= 11 is 0. The lowest BCUT2D eigenvalue weighted by molar-refractivity contribution is 0.619. The monoisotopic (exact) mass is 1810 g/mol. The van der Waals surface area contributed by atoms with Gasteiger partial charge in [-0.1, -0.05) is 321 Å². The Bertz CT molecular complexity index is 9210. The Morgan fingerprint density at radius 2 is 0.518 bits per heavy atom. The summed E-state index contributed by atoms with van der Waals surface area (Å²) in [5.74, 6) is 1.76. The smallest absolute Gasteiger partial charge is 0.227 e. The van der Waals surface area contributed by atoms with E-state index in [4.69, 9.17) is 28.2 Å². The molecular formula is C132H92N6O3. The molecule has 24 aromatic rings. The Balaban J connectivity index is 0.509. The van der Waals surface area contributed by atoms with E-state index in [1.54, 1.807) is 0 Å². The van der Waals surface area contributed by atoms with E-state index in [1.807, 2.05) is 54.6 Å². The zero-order valence-corrected chi connectivity index (χ0v) is 78.6. The average molecular weight is 1810 g/mol. The van der Waals surface area contributed by atoms with Gasteiger partial charge in [0.05, 0.1) is 0 Å². The molecule has 141 heavy (non-hydrogen) atoms. The number of nitrogens with zero attached hydrogens (tertiary/aromatic N) is 6. The first-order valence-electron chi connectivity index (χ1n) is 48.5. The molecule has 0 amide bonds. The van der Waals surface area contributed by atoms with E-state index >= 15 is 0 Å². The van der Waals surface area contributed by atoms with Gasteiger partial charge in [-0.15, -0.1) is 0 Å². The molecule has 3 aromatic heterocycles. The van der Waals surface area contributed by atoms with Crippen molar-refractivity contribution in [1.29, 1.82) is 0 Å². The summed E-state index contributed by atoms with van der Waals surface area (Å²) in [7, 11) is 0. The number of aromatic nitrogens is 3. The summed E-state index contributed by atoms with van der Waals surface area (Å²) in [6.45, 7) is 14.3. The van der Waals surface area contributed by atoms with Gasteiger partial charge in [-0.3, -0.25) is 0 Å². The number of hydrogen-bond acceptors (Lipinski definition) is 9. The van der Waals surface area contributed by atoms with Gasteiger partial charge in [0.15, 0.2) is 16.7 Å². The van der Waals surface area contributed by atoms with Crippen molar-refractivity contribution in [3.8, 4) is 123 Å². The molecule has 27 rings (SSSR count). The lowest BCUT2D eigenvalue weighted by atomic mass is 9.78. The van der Waals surface area contributed by atoms with Crippen LogP contribution in [0.3, 0.4) is 0 Å². The van der Waals surface area contributed by atoms with Crippen molar-refractivity contribution in [2.24, 2.45) is 0 Å². The van der Waals surface area contributed by atoms with E-state index < -0.39 is 10.8 Å². The Hall–Kier alpha value is -17.8. The van der Waals surface area contributed by atoms with Crippen molar-refractivity contribution in [1.82, 2.24) is 15.0 Å². The van der Waals surface area contributed by atoms with E-state index in [-0.39, 0.29) is 5.41 Å². The van der Waals surface area contributed by atoms with Crippen molar-refractivity contribution < 1.29 is 13.3 Å². The maximum absolute atomic E-state index is 6.87. The van der Waals surface area contributed by atoms with Crippen LogP contribution in [0.25, 0.3) is 189 Å². The summed E-state index contributed by atoms with van der Waals surface area (Å²) in [6, 6.07) is 163. The SMILES string of the molecule is CC1(C)c2ccccc2-c2ccc(N(c3ccc(-c4ccccc4)cc3)c3ccc4ccc5oc(-c6cccc(-c7ccc8c(c7)C(C)(C)c7cc(N(c9cccc(-c%10ccc(-c%11cccc%12c%11C(C)(C)c%11cc(N(c%13cccc(-c%14ccccc%14)c%13)c%13ccc%14ccc%15oc(-c%16ccccc%16)nc%15c%14c%13)ccc%11-%12)cc%10)c9)c9ccc%10ccc%11nc(-c%12ccccc%12)oc%11c%10c9)ccc7-8)c6)nc5c4c3)cc21. The molecule has 21 aromatic carbocycles. The Morgan fingerprint density at radius 1 is 0.191 bits per heavy atom. The molecule has 0 unspecified atom stereocenters. The standard InChI is InChI=1S/C132H92N6O3/c1-130(2)115-42-20-19-39-106(115)108-65-61-102(78-117(108)130)136(96-56-47-83(48-57-96)81-25-11-7-12-26-81)99-58-49-86-55-70-122-125(112(86)75-99)135-129(140-122)95-36-21-33-91(71-95)94-52-64-107-109-66-62-103(79-118(109)131(3,4)116(107)74-94)138(101-60-51-88-53-68-120-126(114(88)77-101)141-127(133-120)89-29-15-9-16-30-89)98-38-23-35-93(73-98)84-43-45-85(46-44-84)105-40-24-41-111-110-67-63-104(80-119(110)132(5,6)123(105)111)137(97-37-22-34-92(72-97)82-27-13-8-14-28-82)100-59-50-87-54-69-121-124(113(87)76-100)134-128(139-121)90-31-17-10-18-32-90/h7-80H,1-6H3. The zero-order valence-electron chi connectivity index (χ0n) is 78.6. The van der Waals surface area contributed by atoms with Gasteiger partial charge in [0, 0.05) is 100 Å². The van der Waals surface area contributed by atoms with Gasteiger partial charge in [0.1, 0.15) is 16.6 Å². The predicted molar refractivity (Wildman–Crippen MR) is 582 cm³/mol. The number of rotatable bonds is 17. The second-order valence-corrected chi connectivity index (χ2v) is 39.4. The number of hydrogen-bond donors (Lipinski definition) is 0. The summed E-state index contributed by atoms with van der Waals surface area (Å²) < 4.78 is 20.2. The van der Waals surface area contributed by atoms with Crippen LogP contribution in [0, 0.1) is 0 Å². The minimum absolute atomic E-state index is 0.181. The largest absolute Gasteiger partial charge is 0.436 e. The molecule has 0 atom stereocenters. The van der Waals surface area contributed by atoms with Crippen molar-refractivity contribution in [3.63, 3.8) is 0 Å². The molecule has 3 aliphatic carbocycles. The summed E-state index contributed by atoms with van der Waals surface area (Å²) in [5, 5.41) is 6.24.